The van der Waals surface area contributed by atoms with E-state index in [1.165, 1.54) is 19.2 Å². The topological polar surface area (TPSA) is 111 Å². The summed E-state index contributed by atoms with van der Waals surface area (Å²) in [6.07, 6.45) is 0.575. The second kappa shape index (κ2) is 4.85. The van der Waals surface area contributed by atoms with Crippen molar-refractivity contribution in [2.45, 2.75) is 25.5 Å². The molecule has 1 aliphatic rings. The van der Waals surface area contributed by atoms with Crippen LogP contribution in [0.2, 0.25) is 0 Å². The van der Waals surface area contributed by atoms with Crippen molar-refractivity contribution in [1.82, 2.24) is 9.88 Å². The normalized spacial score (nSPS) is 22.5. The highest BCUT2D eigenvalue weighted by Gasteiger charge is 2.39. The van der Waals surface area contributed by atoms with E-state index in [2.05, 4.69) is 4.98 Å². The molecule has 1 aromatic rings. The number of ketones is 1. The molecule has 1 unspecified atom stereocenters. The van der Waals surface area contributed by atoms with Gasteiger partial charge in [0.2, 0.25) is 0 Å². The first kappa shape index (κ1) is 13.3. The summed E-state index contributed by atoms with van der Waals surface area (Å²) >= 11 is 0. The van der Waals surface area contributed by atoms with Gasteiger partial charge in [0.1, 0.15) is 11.7 Å². The number of Topliss-reactive ketones (excluding diaryl/α,β-unsaturated/α-hetero) is 1. The zero-order chi connectivity index (χ0) is 14.2. The van der Waals surface area contributed by atoms with Crippen molar-refractivity contribution in [2.75, 3.05) is 6.54 Å². The van der Waals surface area contributed by atoms with Crippen LogP contribution in [0.5, 0.6) is 0 Å². The molecule has 19 heavy (non-hydrogen) atoms. The molecule has 1 aliphatic heterocycles. The minimum absolute atomic E-state index is 0.0152. The predicted octanol–water partition coefficient (Wildman–Crippen LogP) is -0.123. The Morgan fingerprint density at radius 1 is 1.42 bits per heavy atom. The molecular formula is C12H14N2O5. The second-order valence-electron chi connectivity index (χ2n) is 4.56. The zero-order valence-corrected chi connectivity index (χ0v) is 10.3. The van der Waals surface area contributed by atoms with Gasteiger partial charge in [0.05, 0.1) is 6.10 Å². The number of hydrogen-bond acceptors (Lipinski definition) is 4. The van der Waals surface area contributed by atoms with Gasteiger partial charge in [0.25, 0.3) is 5.91 Å². The van der Waals surface area contributed by atoms with Gasteiger partial charge in [-0.3, -0.25) is 9.59 Å². The zero-order valence-electron chi connectivity index (χ0n) is 10.3. The number of β-amino-alcohol motifs (C(OH)–C–C–N with tert-alkyl or cyclic N) is 1. The second-order valence-corrected chi connectivity index (χ2v) is 4.56. The van der Waals surface area contributed by atoms with Gasteiger partial charge in [-0.05, 0) is 13.0 Å². The SMILES string of the molecule is CC(=O)c1c[nH]c(C(=O)N2CC(O)C[C@H]2C(=O)O)c1. The fourth-order valence-corrected chi connectivity index (χ4v) is 2.15. The number of carboxylic acid groups (broad SMARTS) is 1. The minimum Gasteiger partial charge on any atom is -0.480 e. The Morgan fingerprint density at radius 3 is 2.63 bits per heavy atom. The van der Waals surface area contributed by atoms with Crippen LogP contribution in [0, 0.1) is 0 Å². The monoisotopic (exact) mass is 266 g/mol. The fraction of sp³-hybridized carbons (Fsp3) is 0.417. The summed E-state index contributed by atoms with van der Waals surface area (Å²) in [5, 5.41) is 18.5. The van der Waals surface area contributed by atoms with Crippen LogP contribution in [0.25, 0.3) is 0 Å². The fourth-order valence-electron chi connectivity index (χ4n) is 2.15. The average molecular weight is 266 g/mol. The van der Waals surface area contributed by atoms with Crippen molar-refractivity contribution >= 4 is 17.7 Å². The standard InChI is InChI=1S/C12H14N2O5/c1-6(15)7-2-9(13-4-7)11(17)14-5-8(16)3-10(14)12(18)19/h2,4,8,10,13,16H,3,5H2,1H3,(H,18,19)/t8?,10-/m0/s1. The number of aliphatic hydroxyl groups is 1. The highest BCUT2D eigenvalue weighted by atomic mass is 16.4. The molecular weight excluding hydrogens is 252 g/mol. The maximum atomic E-state index is 12.2. The predicted molar refractivity (Wildman–Crippen MR) is 63.9 cm³/mol. The molecule has 0 saturated carbocycles. The number of hydrogen-bond donors (Lipinski definition) is 3. The number of carbonyl (C=O) groups excluding carboxylic acids is 2. The molecule has 2 rings (SSSR count). The Balaban J connectivity index is 2.22. The summed E-state index contributed by atoms with van der Waals surface area (Å²) in [6.45, 7) is 1.35. The summed E-state index contributed by atoms with van der Waals surface area (Å²) in [5.41, 5.74) is 0.500. The largest absolute Gasteiger partial charge is 0.480 e. The molecule has 3 N–H and O–H groups in total. The molecule has 7 heteroatoms. The number of amides is 1. The van der Waals surface area contributed by atoms with Gasteiger partial charge in [-0.25, -0.2) is 4.79 Å². The first-order valence-corrected chi connectivity index (χ1v) is 5.81. The van der Waals surface area contributed by atoms with Gasteiger partial charge >= 0.3 is 5.97 Å². The molecule has 2 atom stereocenters. The molecule has 1 amide bonds. The molecule has 1 aromatic heterocycles. The first-order valence-electron chi connectivity index (χ1n) is 5.81. The van der Waals surface area contributed by atoms with E-state index in [0.29, 0.717) is 5.56 Å². The van der Waals surface area contributed by atoms with E-state index >= 15 is 0 Å². The summed E-state index contributed by atoms with van der Waals surface area (Å²) in [4.78, 5) is 38.1. The van der Waals surface area contributed by atoms with Crippen LogP contribution in [-0.4, -0.2) is 56.4 Å². The summed E-state index contributed by atoms with van der Waals surface area (Å²) in [7, 11) is 0. The van der Waals surface area contributed by atoms with E-state index in [4.69, 9.17) is 5.11 Å². The van der Waals surface area contributed by atoms with E-state index in [1.807, 2.05) is 0 Å². The molecule has 0 aliphatic carbocycles. The lowest BCUT2D eigenvalue weighted by atomic mass is 10.2. The van der Waals surface area contributed by atoms with Gasteiger partial charge in [0.15, 0.2) is 5.78 Å². The lowest BCUT2D eigenvalue weighted by molar-refractivity contribution is -0.141. The van der Waals surface area contributed by atoms with Gasteiger partial charge in [-0.1, -0.05) is 0 Å². The highest BCUT2D eigenvalue weighted by Crippen LogP contribution is 2.21. The molecule has 0 aromatic carbocycles. The van der Waals surface area contributed by atoms with Crippen LogP contribution < -0.4 is 0 Å². The number of likely N-dealkylation sites (tertiary alicyclic amines) is 1. The first-order chi connectivity index (χ1) is 8.90. The van der Waals surface area contributed by atoms with Crippen LogP contribution in [0.4, 0.5) is 0 Å². The number of carboxylic acids is 1. The molecule has 0 radical (unpaired) electrons. The lowest BCUT2D eigenvalue weighted by Gasteiger charge is -2.20. The smallest absolute Gasteiger partial charge is 0.326 e. The minimum atomic E-state index is -1.15. The van der Waals surface area contributed by atoms with Crippen LogP contribution >= 0.6 is 0 Å². The van der Waals surface area contributed by atoms with Crippen molar-refractivity contribution in [3.05, 3.63) is 23.5 Å². The highest BCUT2D eigenvalue weighted by molar-refractivity contribution is 6.00. The molecule has 0 spiro atoms. The number of nitrogens with one attached hydrogen (secondary N) is 1. The Morgan fingerprint density at radius 2 is 2.11 bits per heavy atom. The van der Waals surface area contributed by atoms with Gasteiger partial charge in [-0.15, -0.1) is 0 Å². The van der Waals surface area contributed by atoms with E-state index in [-0.39, 0.29) is 24.4 Å². The lowest BCUT2D eigenvalue weighted by Crippen LogP contribution is -2.40. The maximum Gasteiger partial charge on any atom is 0.326 e. The number of aliphatic hydroxyl groups excluding tert-OH is 1. The van der Waals surface area contributed by atoms with Crippen LogP contribution in [-0.2, 0) is 4.79 Å². The van der Waals surface area contributed by atoms with Gasteiger partial charge < -0.3 is 20.1 Å². The number of aliphatic carboxylic acids is 1. The molecule has 7 nitrogen and oxygen atoms in total. The Bertz CT molecular complexity index is 536. The number of carbonyl (C=O) groups is 3. The molecule has 0 bridgehead atoms. The van der Waals surface area contributed by atoms with Crippen LogP contribution in [0.3, 0.4) is 0 Å². The van der Waals surface area contributed by atoms with Gasteiger partial charge in [-0.2, -0.15) is 0 Å². The van der Waals surface area contributed by atoms with Gasteiger partial charge in [0, 0.05) is 24.7 Å². The summed E-state index contributed by atoms with van der Waals surface area (Å²) in [6, 6.07) is 0.348. The van der Waals surface area contributed by atoms with Crippen molar-refractivity contribution in [3.63, 3.8) is 0 Å². The summed E-state index contributed by atoms with van der Waals surface area (Å²) < 4.78 is 0. The number of rotatable bonds is 3. The van der Waals surface area contributed by atoms with Crippen molar-refractivity contribution in [2.24, 2.45) is 0 Å². The quantitative estimate of drug-likeness (QED) is 0.660. The third-order valence-corrected chi connectivity index (χ3v) is 3.14. The Kier molecular flexibility index (Phi) is 3.39. The van der Waals surface area contributed by atoms with Crippen molar-refractivity contribution in [1.29, 1.82) is 0 Å². The van der Waals surface area contributed by atoms with E-state index < -0.39 is 24.0 Å². The van der Waals surface area contributed by atoms with Crippen LogP contribution in [0.1, 0.15) is 34.2 Å². The van der Waals surface area contributed by atoms with E-state index in [9.17, 15) is 19.5 Å². The molecule has 102 valence electrons. The van der Waals surface area contributed by atoms with Crippen LogP contribution in [0.15, 0.2) is 12.3 Å². The van der Waals surface area contributed by atoms with Crippen molar-refractivity contribution in [3.8, 4) is 0 Å². The maximum absolute atomic E-state index is 12.2. The average Bonchev–Trinajstić information content (AvgIpc) is 2.94. The molecule has 1 fully saturated rings. The third kappa shape index (κ3) is 2.50. The molecule has 1 saturated heterocycles. The number of aromatic nitrogens is 1. The number of nitrogens with zero attached hydrogens (tertiary/aromatic N) is 1. The molecule has 2 heterocycles. The number of H-pyrrole nitrogens is 1. The Labute approximate surface area is 108 Å². The van der Waals surface area contributed by atoms with E-state index in [0.717, 1.165) is 4.90 Å². The Hall–Kier alpha value is -2.15. The van der Waals surface area contributed by atoms with Crippen molar-refractivity contribution < 1.29 is 24.6 Å². The van der Waals surface area contributed by atoms with E-state index in [1.54, 1.807) is 0 Å². The third-order valence-electron chi connectivity index (χ3n) is 3.14. The summed E-state index contributed by atoms with van der Waals surface area (Å²) in [5.74, 6) is -1.87. The number of aromatic amines is 1.